The normalized spacial score (nSPS) is 23.1. The topological polar surface area (TPSA) is 37.3 Å². The molecule has 0 bridgehead atoms. The molecule has 0 aliphatic heterocycles. The summed E-state index contributed by atoms with van der Waals surface area (Å²) in [6.07, 6.45) is 5.76. The van der Waals surface area contributed by atoms with Crippen LogP contribution in [0.1, 0.15) is 54.4 Å². The Kier molecular flexibility index (Phi) is 4.03. The Labute approximate surface area is 113 Å². The summed E-state index contributed by atoms with van der Waals surface area (Å²) < 4.78 is 14.2. The number of phenolic OH excluding ortho intramolecular Hbond substituents is 1. The molecule has 1 aliphatic carbocycles. The summed E-state index contributed by atoms with van der Waals surface area (Å²) in [5, 5.41) is 9.77. The van der Waals surface area contributed by atoms with Crippen LogP contribution in [-0.4, -0.2) is 10.9 Å². The highest BCUT2D eigenvalue weighted by Crippen LogP contribution is 2.39. The Bertz CT molecular complexity index is 500. The van der Waals surface area contributed by atoms with Crippen molar-refractivity contribution in [1.29, 1.82) is 0 Å². The van der Waals surface area contributed by atoms with Crippen LogP contribution in [0.4, 0.5) is 4.39 Å². The van der Waals surface area contributed by atoms with Gasteiger partial charge in [0.2, 0.25) is 0 Å². The Hall–Kier alpha value is -1.64. The molecule has 0 unspecified atom stereocenters. The molecule has 0 radical (unpaired) electrons. The summed E-state index contributed by atoms with van der Waals surface area (Å²) in [7, 11) is 0. The molecule has 1 fully saturated rings. The van der Waals surface area contributed by atoms with Crippen LogP contribution in [0.25, 0.3) is 0 Å². The van der Waals surface area contributed by atoms with Crippen LogP contribution in [-0.2, 0) is 0 Å². The van der Waals surface area contributed by atoms with Gasteiger partial charge in [0.1, 0.15) is 0 Å². The van der Waals surface area contributed by atoms with Gasteiger partial charge in [-0.3, -0.25) is 4.79 Å². The summed E-state index contributed by atoms with van der Waals surface area (Å²) >= 11 is 0. The number of hydrogen-bond acceptors (Lipinski definition) is 2. The molecular weight excluding hydrogens is 243 g/mol. The second-order valence-electron chi connectivity index (χ2n) is 5.27. The first-order valence-electron chi connectivity index (χ1n) is 6.69. The third-order valence-corrected chi connectivity index (χ3v) is 4.07. The van der Waals surface area contributed by atoms with Gasteiger partial charge in [0.25, 0.3) is 0 Å². The maximum atomic E-state index is 14.2. The minimum absolute atomic E-state index is 0.0565. The number of Topliss-reactive ketones (excluding diaryl/α,β-unsaturated/α-hetero) is 1. The molecule has 1 saturated carbocycles. The maximum absolute atomic E-state index is 14.2. The smallest absolute Gasteiger partial charge is 0.169 e. The molecule has 1 aromatic rings. The van der Waals surface area contributed by atoms with Crippen LogP contribution in [0, 0.1) is 11.7 Å². The summed E-state index contributed by atoms with van der Waals surface area (Å²) in [5.41, 5.74) is 0.589. The van der Waals surface area contributed by atoms with Crippen molar-refractivity contribution in [2.24, 2.45) is 5.92 Å². The molecule has 3 heteroatoms. The van der Waals surface area contributed by atoms with Gasteiger partial charge < -0.3 is 5.11 Å². The zero-order valence-corrected chi connectivity index (χ0v) is 11.2. The van der Waals surface area contributed by atoms with Crippen molar-refractivity contribution in [2.75, 3.05) is 0 Å². The monoisotopic (exact) mass is 262 g/mol. The molecule has 1 N–H and O–H groups in total. The van der Waals surface area contributed by atoms with Crippen LogP contribution in [0.2, 0.25) is 0 Å². The molecule has 0 atom stereocenters. The highest BCUT2D eigenvalue weighted by molar-refractivity contribution is 5.96. The van der Waals surface area contributed by atoms with E-state index in [2.05, 4.69) is 6.58 Å². The van der Waals surface area contributed by atoms with Crippen molar-refractivity contribution in [3.63, 3.8) is 0 Å². The van der Waals surface area contributed by atoms with E-state index in [-0.39, 0.29) is 17.3 Å². The molecule has 0 aromatic heterocycles. The molecule has 19 heavy (non-hydrogen) atoms. The maximum Gasteiger partial charge on any atom is 0.169 e. The highest BCUT2D eigenvalue weighted by atomic mass is 19.1. The molecule has 0 spiro atoms. The first kappa shape index (κ1) is 13.8. The Morgan fingerprint density at radius 3 is 2.53 bits per heavy atom. The second kappa shape index (κ2) is 5.55. The van der Waals surface area contributed by atoms with Crippen molar-refractivity contribution < 1.29 is 14.3 Å². The quantitative estimate of drug-likeness (QED) is 0.655. The summed E-state index contributed by atoms with van der Waals surface area (Å²) in [5.74, 6) is -0.809. The van der Waals surface area contributed by atoms with Gasteiger partial charge in [-0.05, 0) is 56.1 Å². The van der Waals surface area contributed by atoms with Gasteiger partial charge in [0, 0.05) is 0 Å². The van der Waals surface area contributed by atoms with E-state index >= 15 is 0 Å². The first-order chi connectivity index (χ1) is 9.04. The second-order valence-corrected chi connectivity index (χ2v) is 5.27. The Balaban J connectivity index is 2.25. The molecule has 1 aliphatic rings. The SMILES string of the molecule is C=CC1CCC(c2ccc(C(C)=O)c(O)c2F)CC1. The number of halogens is 1. The third-order valence-electron chi connectivity index (χ3n) is 4.07. The van der Waals surface area contributed by atoms with E-state index < -0.39 is 11.6 Å². The third kappa shape index (κ3) is 2.70. The molecule has 1 aromatic carbocycles. The number of ketones is 1. The van der Waals surface area contributed by atoms with E-state index in [0.29, 0.717) is 11.5 Å². The average molecular weight is 262 g/mol. The lowest BCUT2D eigenvalue weighted by Gasteiger charge is -2.27. The number of benzene rings is 1. The van der Waals surface area contributed by atoms with E-state index in [1.807, 2.05) is 6.08 Å². The number of hydrogen-bond donors (Lipinski definition) is 1. The Morgan fingerprint density at radius 1 is 1.37 bits per heavy atom. The number of rotatable bonds is 3. The van der Waals surface area contributed by atoms with E-state index in [1.54, 1.807) is 6.07 Å². The lowest BCUT2D eigenvalue weighted by Crippen LogP contribution is -2.13. The molecule has 2 rings (SSSR count). The van der Waals surface area contributed by atoms with Gasteiger partial charge in [-0.1, -0.05) is 12.1 Å². The van der Waals surface area contributed by atoms with Crippen molar-refractivity contribution in [3.05, 3.63) is 41.7 Å². The number of aromatic hydroxyl groups is 1. The summed E-state index contributed by atoms with van der Waals surface area (Å²) in [4.78, 5) is 11.3. The summed E-state index contributed by atoms with van der Waals surface area (Å²) in [6.45, 7) is 5.12. The van der Waals surface area contributed by atoms with E-state index in [1.165, 1.54) is 13.0 Å². The number of carbonyl (C=O) groups is 1. The van der Waals surface area contributed by atoms with Crippen molar-refractivity contribution in [2.45, 2.75) is 38.5 Å². The minimum Gasteiger partial charge on any atom is -0.504 e. The lowest BCUT2D eigenvalue weighted by molar-refractivity contribution is 0.101. The molecular formula is C16H19FO2. The van der Waals surface area contributed by atoms with Crippen LogP contribution >= 0.6 is 0 Å². The zero-order chi connectivity index (χ0) is 14.0. The standard InChI is InChI=1S/C16H19FO2/c1-3-11-4-6-12(7-5-11)14-9-8-13(10(2)18)16(19)15(14)17/h3,8-9,11-12,19H,1,4-7H2,2H3. The van der Waals surface area contributed by atoms with Crippen LogP contribution in [0.3, 0.4) is 0 Å². The molecule has 0 saturated heterocycles. The first-order valence-corrected chi connectivity index (χ1v) is 6.69. The van der Waals surface area contributed by atoms with Crippen molar-refractivity contribution in [1.82, 2.24) is 0 Å². The number of carbonyl (C=O) groups excluding carboxylic acids is 1. The predicted molar refractivity (Wildman–Crippen MR) is 73.0 cm³/mol. The van der Waals surface area contributed by atoms with Gasteiger partial charge >= 0.3 is 0 Å². The zero-order valence-electron chi connectivity index (χ0n) is 11.2. The molecule has 0 heterocycles. The molecule has 0 amide bonds. The fraction of sp³-hybridized carbons (Fsp3) is 0.438. The van der Waals surface area contributed by atoms with Gasteiger partial charge in [-0.2, -0.15) is 0 Å². The van der Waals surface area contributed by atoms with Crippen molar-refractivity contribution >= 4 is 5.78 Å². The number of phenols is 1. The van der Waals surface area contributed by atoms with Gasteiger partial charge in [0.15, 0.2) is 17.3 Å². The largest absolute Gasteiger partial charge is 0.504 e. The lowest BCUT2D eigenvalue weighted by atomic mass is 9.78. The van der Waals surface area contributed by atoms with Gasteiger partial charge in [-0.15, -0.1) is 6.58 Å². The van der Waals surface area contributed by atoms with Crippen LogP contribution < -0.4 is 0 Å². The summed E-state index contributed by atoms with van der Waals surface area (Å²) in [6, 6.07) is 3.17. The predicted octanol–water partition coefficient (Wildman–Crippen LogP) is 4.19. The fourth-order valence-corrected chi connectivity index (χ4v) is 2.85. The highest BCUT2D eigenvalue weighted by Gasteiger charge is 2.25. The molecule has 2 nitrogen and oxygen atoms in total. The fourth-order valence-electron chi connectivity index (χ4n) is 2.85. The molecule has 102 valence electrons. The minimum atomic E-state index is -0.630. The van der Waals surface area contributed by atoms with E-state index in [4.69, 9.17) is 0 Å². The Morgan fingerprint density at radius 2 is 2.00 bits per heavy atom. The van der Waals surface area contributed by atoms with E-state index in [0.717, 1.165) is 25.7 Å². The van der Waals surface area contributed by atoms with Gasteiger partial charge in [0.05, 0.1) is 5.56 Å². The average Bonchev–Trinajstić information content (AvgIpc) is 2.41. The van der Waals surface area contributed by atoms with Crippen LogP contribution in [0.5, 0.6) is 5.75 Å². The van der Waals surface area contributed by atoms with Crippen LogP contribution in [0.15, 0.2) is 24.8 Å². The van der Waals surface area contributed by atoms with Gasteiger partial charge in [-0.25, -0.2) is 4.39 Å². The number of allylic oxidation sites excluding steroid dienone is 1. The van der Waals surface area contributed by atoms with Crippen molar-refractivity contribution in [3.8, 4) is 5.75 Å². The van der Waals surface area contributed by atoms with E-state index in [9.17, 15) is 14.3 Å².